The van der Waals surface area contributed by atoms with Gasteiger partial charge in [0.05, 0.1) is 11.3 Å². The Balaban J connectivity index is 2.22. The lowest BCUT2D eigenvalue weighted by Crippen LogP contribution is -2.44. The predicted molar refractivity (Wildman–Crippen MR) is 76.3 cm³/mol. The molecule has 1 amide bonds. The quantitative estimate of drug-likeness (QED) is 0.534. The molecule has 1 N–H and O–H groups in total. The fraction of sp³-hybridized carbons (Fsp3) is 0.188. The Morgan fingerprint density at radius 1 is 1.13 bits per heavy atom. The number of rotatable bonds is 4. The Labute approximate surface area is 130 Å². The Morgan fingerprint density at radius 3 is 2.48 bits per heavy atom. The molecule has 0 spiro atoms. The summed E-state index contributed by atoms with van der Waals surface area (Å²) in [5.41, 5.74) is -0.0461. The van der Waals surface area contributed by atoms with Gasteiger partial charge < -0.3 is 5.32 Å². The molecule has 2 aromatic rings. The summed E-state index contributed by atoms with van der Waals surface area (Å²) in [7, 11) is 0. The van der Waals surface area contributed by atoms with E-state index in [2.05, 4.69) is 5.32 Å². The van der Waals surface area contributed by atoms with Crippen molar-refractivity contribution in [1.82, 2.24) is 0 Å². The van der Waals surface area contributed by atoms with Crippen LogP contribution in [-0.4, -0.2) is 11.7 Å². The highest BCUT2D eigenvalue weighted by atomic mass is 19.2. The number of Topliss-reactive ketones (excluding diaryl/α,β-unsaturated/α-hetero) is 1. The number of hydrogen-bond acceptors (Lipinski definition) is 2. The molecule has 1 heterocycles. The van der Waals surface area contributed by atoms with Gasteiger partial charge in [-0.2, -0.15) is 4.57 Å². The van der Waals surface area contributed by atoms with Gasteiger partial charge in [0.25, 0.3) is 5.91 Å². The summed E-state index contributed by atoms with van der Waals surface area (Å²) in [5, 5.41) is 2.20. The summed E-state index contributed by atoms with van der Waals surface area (Å²) < 4.78 is 41.1. The topological polar surface area (TPSA) is 50.0 Å². The number of carbonyl (C=O) groups is 2. The van der Waals surface area contributed by atoms with Crippen LogP contribution in [0.3, 0.4) is 0 Å². The molecule has 1 aromatic heterocycles. The van der Waals surface area contributed by atoms with Gasteiger partial charge in [-0.05, 0) is 25.1 Å². The first-order chi connectivity index (χ1) is 10.8. The van der Waals surface area contributed by atoms with E-state index in [1.165, 1.54) is 24.6 Å². The average molecular weight is 323 g/mol. The van der Waals surface area contributed by atoms with Crippen molar-refractivity contribution >= 4 is 17.4 Å². The fourth-order valence-electron chi connectivity index (χ4n) is 1.94. The second kappa shape index (κ2) is 6.60. The van der Waals surface area contributed by atoms with Gasteiger partial charge in [-0.3, -0.25) is 9.59 Å². The van der Waals surface area contributed by atoms with Gasteiger partial charge in [0.15, 0.2) is 35.6 Å². The third-order valence-electron chi connectivity index (χ3n) is 3.35. The maximum Gasteiger partial charge on any atom is 0.293 e. The summed E-state index contributed by atoms with van der Waals surface area (Å²) in [6.45, 7) is 2.91. The minimum Gasteiger partial charge on any atom is -0.318 e. The van der Waals surface area contributed by atoms with Crippen LogP contribution >= 0.6 is 0 Å². The maximum atomic E-state index is 13.6. The summed E-state index contributed by atoms with van der Waals surface area (Å²) in [6.07, 6.45) is 3.05. The second-order valence-electron chi connectivity index (χ2n) is 4.98. The van der Waals surface area contributed by atoms with Crippen LogP contribution in [0.2, 0.25) is 0 Å². The van der Waals surface area contributed by atoms with Gasteiger partial charge in [-0.15, -0.1) is 0 Å². The van der Waals surface area contributed by atoms with Crippen LogP contribution in [0.4, 0.5) is 18.9 Å². The van der Waals surface area contributed by atoms with Crippen molar-refractivity contribution in [3.8, 4) is 0 Å². The smallest absolute Gasteiger partial charge is 0.293 e. The van der Waals surface area contributed by atoms with Crippen molar-refractivity contribution in [2.24, 2.45) is 0 Å². The lowest BCUT2D eigenvalue weighted by molar-refractivity contribution is -0.705. The van der Waals surface area contributed by atoms with Crippen LogP contribution in [0.1, 0.15) is 30.2 Å². The molecular formula is C16H14F3N2O2+. The predicted octanol–water partition coefficient (Wildman–Crippen LogP) is 2.79. The zero-order valence-corrected chi connectivity index (χ0v) is 12.4. The Hall–Kier alpha value is -2.70. The van der Waals surface area contributed by atoms with E-state index in [1.807, 2.05) is 0 Å². The van der Waals surface area contributed by atoms with Crippen molar-refractivity contribution in [3.05, 3.63) is 59.7 Å². The number of ketones is 1. The van der Waals surface area contributed by atoms with E-state index in [1.54, 1.807) is 18.3 Å². The van der Waals surface area contributed by atoms with Gasteiger partial charge in [-0.1, -0.05) is 0 Å². The molecule has 1 atom stereocenters. The normalized spacial score (nSPS) is 11.9. The van der Waals surface area contributed by atoms with E-state index in [9.17, 15) is 22.8 Å². The molecule has 2 rings (SSSR count). The van der Waals surface area contributed by atoms with Crippen molar-refractivity contribution in [3.63, 3.8) is 0 Å². The summed E-state index contributed by atoms with van der Waals surface area (Å²) in [4.78, 5) is 23.5. The SMILES string of the molecule is CC(=O)c1ccc[n+]([C@@H](C)C(=O)Nc2ccc(F)c(F)c2F)c1. The number of benzene rings is 1. The fourth-order valence-corrected chi connectivity index (χ4v) is 1.94. The molecule has 0 fully saturated rings. The minimum atomic E-state index is -1.65. The highest BCUT2D eigenvalue weighted by Crippen LogP contribution is 2.20. The lowest BCUT2D eigenvalue weighted by Gasteiger charge is -2.10. The molecular weight excluding hydrogens is 309 g/mol. The van der Waals surface area contributed by atoms with Gasteiger partial charge in [0.1, 0.15) is 0 Å². The first-order valence-electron chi connectivity index (χ1n) is 6.77. The molecule has 0 bridgehead atoms. The Morgan fingerprint density at radius 2 is 1.83 bits per heavy atom. The van der Waals surface area contributed by atoms with Crippen LogP contribution in [0.5, 0.6) is 0 Å². The molecule has 0 saturated carbocycles. The van der Waals surface area contributed by atoms with Gasteiger partial charge in [0.2, 0.25) is 6.04 Å². The van der Waals surface area contributed by atoms with Gasteiger partial charge >= 0.3 is 0 Å². The van der Waals surface area contributed by atoms with Crippen molar-refractivity contribution in [1.29, 1.82) is 0 Å². The van der Waals surface area contributed by atoms with E-state index in [0.717, 1.165) is 12.1 Å². The van der Waals surface area contributed by atoms with E-state index in [4.69, 9.17) is 0 Å². The van der Waals surface area contributed by atoms with Crippen LogP contribution < -0.4 is 9.88 Å². The molecule has 0 radical (unpaired) electrons. The number of amides is 1. The van der Waals surface area contributed by atoms with Crippen LogP contribution in [0, 0.1) is 17.5 Å². The highest BCUT2D eigenvalue weighted by molar-refractivity contribution is 5.94. The second-order valence-corrected chi connectivity index (χ2v) is 4.98. The number of nitrogens with zero attached hydrogens (tertiary/aromatic N) is 1. The van der Waals surface area contributed by atoms with E-state index < -0.39 is 35.1 Å². The number of carbonyl (C=O) groups excluding carboxylic acids is 2. The van der Waals surface area contributed by atoms with E-state index in [0.29, 0.717) is 5.56 Å². The van der Waals surface area contributed by atoms with Crippen LogP contribution in [0.25, 0.3) is 0 Å². The third-order valence-corrected chi connectivity index (χ3v) is 3.35. The third kappa shape index (κ3) is 3.56. The average Bonchev–Trinajstić information content (AvgIpc) is 2.54. The molecule has 7 heteroatoms. The van der Waals surface area contributed by atoms with Gasteiger partial charge in [-0.25, -0.2) is 13.2 Å². The summed E-state index contributed by atoms with van der Waals surface area (Å²) >= 11 is 0. The number of aromatic nitrogens is 1. The highest BCUT2D eigenvalue weighted by Gasteiger charge is 2.25. The first kappa shape index (κ1) is 16.7. The molecule has 23 heavy (non-hydrogen) atoms. The molecule has 4 nitrogen and oxygen atoms in total. The molecule has 1 aromatic carbocycles. The molecule has 0 unspecified atom stereocenters. The summed E-state index contributed by atoms with van der Waals surface area (Å²) in [6, 6.07) is 4.07. The molecule has 0 aliphatic rings. The van der Waals surface area contributed by atoms with E-state index in [-0.39, 0.29) is 5.78 Å². The van der Waals surface area contributed by atoms with Crippen molar-refractivity contribution in [2.45, 2.75) is 19.9 Å². The molecule has 120 valence electrons. The van der Waals surface area contributed by atoms with Crippen LogP contribution in [0.15, 0.2) is 36.7 Å². The van der Waals surface area contributed by atoms with Crippen molar-refractivity contribution < 1.29 is 27.3 Å². The largest absolute Gasteiger partial charge is 0.318 e. The zero-order chi connectivity index (χ0) is 17.1. The molecule has 0 saturated heterocycles. The number of pyridine rings is 1. The zero-order valence-electron chi connectivity index (χ0n) is 12.4. The van der Waals surface area contributed by atoms with E-state index >= 15 is 0 Å². The monoisotopic (exact) mass is 323 g/mol. The van der Waals surface area contributed by atoms with Gasteiger partial charge in [0, 0.05) is 13.0 Å². The minimum absolute atomic E-state index is 0.168. The van der Waals surface area contributed by atoms with Crippen LogP contribution in [-0.2, 0) is 4.79 Å². The number of halogens is 3. The number of anilines is 1. The standard InChI is InChI=1S/C16H13F3N2O2/c1-9(21-7-3-4-11(8-21)10(2)22)16(23)20-13-6-5-12(17)14(18)15(13)19/h3-9H,1-2H3/p+1/t9-/m0/s1. The Bertz CT molecular complexity index is 778. The number of hydrogen-bond donors (Lipinski definition) is 1. The maximum absolute atomic E-state index is 13.6. The Kier molecular flexibility index (Phi) is 4.78. The number of nitrogens with one attached hydrogen (secondary N) is 1. The molecule has 0 aliphatic carbocycles. The van der Waals surface area contributed by atoms with Crippen molar-refractivity contribution in [2.75, 3.05) is 5.32 Å². The summed E-state index contributed by atoms with van der Waals surface area (Å²) in [5.74, 6) is -5.26. The molecule has 0 aliphatic heterocycles. The lowest BCUT2D eigenvalue weighted by atomic mass is 10.2. The first-order valence-corrected chi connectivity index (χ1v) is 6.77.